The molecule has 0 bridgehead atoms. The van der Waals surface area contributed by atoms with Crippen molar-refractivity contribution in [3.05, 3.63) is 104 Å². The van der Waals surface area contributed by atoms with Gasteiger partial charge in [0, 0.05) is 98.1 Å². The Morgan fingerprint density at radius 1 is 0.560 bits per heavy atom. The van der Waals surface area contributed by atoms with Crippen LogP contribution in [0.15, 0.2) is 97.1 Å². The van der Waals surface area contributed by atoms with Crippen LogP contribution in [-0.2, 0) is 111 Å². The second kappa shape index (κ2) is 27.2. The molecule has 0 saturated heterocycles. The monoisotopic (exact) mass is 912 g/mol. The molecule has 0 spiro atoms. The van der Waals surface area contributed by atoms with Crippen LogP contribution >= 0.6 is 0 Å². The molecule has 4 aromatic carbocycles. The number of rotatable bonds is 4. The fourth-order valence-electron chi connectivity index (χ4n) is 3.84. The number of fused-ring (bicyclic) bond motifs is 4. The predicted molar refractivity (Wildman–Crippen MR) is 171 cm³/mol. The Bertz CT molecular complexity index is 1900. The second-order valence-corrected chi connectivity index (χ2v) is 8.87. The van der Waals surface area contributed by atoms with Gasteiger partial charge >= 0.3 is 0 Å². The summed E-state index contributed by atoms with van der Waals surface area (Å²) in [6.45, 7) is -0.133. The second-order valence-electron chi connectivity index (χ2n) is 8.87. The van der Waals surface area contributed by atoms with E-state index >= 15 is 0 Å². The Labute approximate surface area is 360 Å². The van der Waals surface area contributed by atoms with Gasteiger partial charge in [-0.25, -0.2) is 16.5 Å². The molecule has 0 amide bonds. The van der Waals surface area contributed by atoms with Crippen molar-refractivity contribution in [3.8, 4) is 0 Å². The summed E-state index contributed by atoms with van der Waals surface area (Å²) in [7, 11) is 2.25. The summed E-state index contributed by atoms with van der Waals surface area (Å²) >= 11 is 0. The summed E-state index contributed by atoms with van der Waals surface area (Å²) in [5, 5.41) is 70.9. The molecule has 0 aliphatic heterocycles. The Hall–Kier alpha value is -2.45. The Morgan fingerprint density at radius 3 is 1.36 bits per heavy atom. The summed E-state index contributed by atoms with van der Waals surface area (Å²) in [5.41, 5.74) is 6.75. The van der Waals surface area contributed by atoms with E-state index in [1.807, 2.05) is 97.1 Å². The van der Waals surface area contributed by atoms with Crippen molar-refractivity contribution in [3.63, 3.8) is 0 Å². The molecule has 4 aromatic heterocycles. The number of para-hydroxylation sites is 2. The smallest absolute Gasteiger partial charge is 0.138 e. The number of hydrogen-bond acceptors (Lipinski definition) is 12. The molecule has 0 aliphatic rings. The van der Waals surface area contributed by atoms with Gasteiger partial charge in [0.1, 0.15) is 17.8 Å². The minimum atomic E-state index is -0.792. The van der Waals surface area contributed by atoms with Crippen LogP contribution in [-0.4, -0.2) is 94.7 Å². The van der Waals surface area contributed by atoms with Crippen LogP contribution in [0.4, 0.5) is 0 Å². The van der Waals surface area contributed by atoms with Gasteiger partial charge in [-0.05, 0) is 46.3 Å². The van der Waals surface area contributed by atoms with Crippen LogP contribution in [0.1, 0.15) is 0 Å². The van der Waals surface area contributed by atoms with Gasteiger partial charge in [0.15, 0.2) is 0 Å². The summed E-state index contributed by atoms with van der Waals surface area (Å²) in [5.74, 6) is 0. The van der Waals surface area contributed by atoms with Crippen LogP contribution in [0.3, 0.4) is 0 Å². The van der Waals surface area contributed by atoms with E-state index in [-0.39, 0.29) is 129 Å². The number of aliphatic hydroxyl groups excluding tert-OH is 4. The van der Waals surface area contributed by atoms with Crippen LogP contribution in [0.5, 0.6) is 0 Å². The molecule has 21 heteroatoms. The van der Waals surface area contributed by atoms with Crippen LogP contribution < -0.4 is 10.2 Å². The van der Waals surface area contributed by atoms with Gasteiger partial charge in [-0.15, -0.1) is 10.2 Å². The van der Waals surface area contributed by atoms with Crippen LogP contribution in [0.25, 0.3) is 44.1 Å². The van der Waals surface area contributed by atoms with E-state index in [9.17, 15) is 5.11 Å². The Balaban J connectivity index is 0. The van der Waals surface area contributed by atoms with Crippen molar-refractivity contribution in [1.29, 1.82) is 0 Å². The predicted octanol–water partition coefficient (Wildman–Crippen LogP) is -0.167. The maximum atomic E-state index is 9.25. The maximum Gasteiger partial charge on any atom is 0.138 e. The number of aromatic nitrogens is 12. The largest absolute Gasteiger partial charge is 0.569 e. The van der Waals surface area contributed by atoms with Crippen LogP contribution in [0, 0.1) is 7.11 Å². The van der Waals surface area contributed by atoms with Crippen molar-refractivity contribution in [1.82, 2.24) is 60.8 Å². The van der Waals surface area contributed by atoms with E-state index in [0.29, 0.717) is 0 Å². The maximum absolute atomic E-state index is 9.25. The average Bonchev–Trinajstić information content (AvgIpc) is 3.93. The molecular formula is C29H33N12O6Y3-3. The summed E-state index contributed by atoms with van der Waals surface area (Å²) in [6.07, 6.45) is -0.792. The Morgan fingerprint density at radius 2 is 0.940 bits per heavy atom. The molecule has 1 unspecified atom stereocenters. The fourth-order valence-corrected chi connectivity index (χ4v) is 3.84. The van der Waals surface area contributed by atoms with Gasteiger partial charge in [-0.1, -0.05) is 83.2 Å². The van der Waals surface area contributed by atoms with Crippen LogP contribution in [0.2, 0.25) is 0 Å². The van der Waals surface area contributed by atoms with E-state index in [2.05, 4.69) is 58.6 Å². The quantitative estimate of drug-likeness (QED) is 0.167. The van der Waals surface area contributed by atoms with E-state index in [4.69, 9.17) is 15.3 Å². The first-order valence-electron chi connectivity index (χ1n) is 13.4. The number of hydrogen-bond donors (Lipinski definition) is 4. The molecule has 3 radical (unpaired) electrons. The van der Waals surface area contributed by atoms with Gasteiger partial charge < -0.3 is 51.8 Å². The number of nitrogens with zero attached hydrogens (tertiary/aromatic N) is 12. The minimum absolute atomic E-state index is 0. The topological polar surface area (TPSA) is 285 Å². The molecule has 8 N–H and O–H groups in total. The summed E-state index contributed by atoms with van der Waals surface area (Å²) in [6, 6.07) is 30.2. The third-order valence-electron chi connectivity index (χ3n) is 5.94. The van der Waals surface area contributed by atoms with Crippen molar-refractivity contribution in [2.24, 2.45) is 0 Å². The van der Waals surface area contributed by atoms with Gasteiger partial charge in [-0.3, -0.25) is 10.4 Å². The number of aliphatic hydroxyl groups is 4. The first kappa shape index (κ1) is 49.7. The first-order chi connectivity index (χ1) is 22.2. The molecule has 1 atom stereocenters. The molecule has 0 saturated carbocycles. The zero-order valence-electron chi connectivity index (χ0n) is 26.5. The molecule has 18 nitrogen and oxygen atoms in total. The van der Waals surface area contributed by atoms with Gasteiger partial charge in [-0.2, -0.15) is 0 Å². The molecule has 0 aliphatic carbocycles. The zero-order valence-corrected chi connectivity index (χ0v) is 35.0. The summed E-state index contributed by atoms with van der Waals surface area (Å²) in [4.78, 5) is 0. The van der Waals surface area contributed by atoms with Crippen molar-refractivity contribution >= 4 is 44.1 Å². The van der Waals surface area contributed by atoms with E-state index < -0.39 is 6.10 Å². The average molecular weight is 912 g/mol. The third-order valence-corrected chi connectivity index (χ3v) is 5.94. The SMILES string of the molecule is O.O.OCC(O)Cn1nnc2ccccc21.OCn1nnc2ccccc21.[CH2-]O.[Y].[Y].[Y].c1ccc2[n-]nnc2c1.c1ccc2[n-]nnc2c1. The molecule has 0 fully saturated rings. The van der Waals surface area contributed by atoms with Crippen molar-refractivity contribution in [2.75, 3.05) is 6.61 Å². The Kier molecular flexibility index (Phi) is 27.1. The first-order valence-corrected chi connectivity index (χ1v) is 13.4. The molecule has 50 heavy (non-hydrogen) atoms. The minimum Gasteiger partial charge on any atom is -0.569 e. The normalized spacial score (nSPS) is 9.86. The van der Waals surface area contributed by atoms with Gasteiger partial charge in [0.2, 0.25) is 0 Å². The third kappa shape index (κ3) is 14.3. The zero-order chi connectivity index (χ0) is 31.9. The fraction of sp³-hybridized carbons (Fsp3) is 0.138. The molecule has 8 rings (SSSR count). The molecule has 4 heterocycles. The van der Waals surface area contributed by atoms with E-state index in [0.717, 1.165) is 44.1 Å². The molecule has 8 aromatic rings. The standard InChI is InChI=1S/C9H11N3O2.C7H7N3O.2C6H4N3.CH3O.2H2O.3Y/c13-6-7(14)5-12-9-4-2-1-3-8(9)10-11-12;11-5-10-7-4-2-1-3-6(7)8-9-10;2*1-2-4-6-5(3-1)7-9-8-6;1-2;;;;;/h1-4,7,13-14H,5-6H2;1-4,11H,5H2;2*1-4H;2H,1H2;2*1H2;;;/q;;3*-1;;;;;. The van der Waals surface area contributed by atoms with E-state index in [1.165, 1.54) is 4.68 Å². The van der Waals surface area contributed by atoms with Crippen molar-refractivity contribution < 1.29 is 130 Å². The number of benzene rings is 4. The van der Waals surface area contributed by atoms with Gasteiger partial charge in [0.25, 0.3) is 0 Å². The van der Waals surface area contributed by atoms with Crippen molar-refractivity contribution in [2.45, 2.75) is 19.4 Å². The summed E-state index contributed by atoms with van der Waals surface area (Å²) < 4.78 is 3.02. The van der Waals surface area contributed by atoms with Gasteiger partial charge in [0.05, 0.1) is 30.3 Å². The van der Waals surface area contributed by atoms with E-state index in [1.54, 1.807) is 4.68 Å². The molecular weight excluding hydrogens is 879 g/mol. The molecule has 257 valence electrons.